The fourth-order valence-corrected chi connectivity index (χ4v) is 22.8. The van der Waals surface area contributed by atoms with E-state index in [2.05, 4.69) is 35.0 Å². The maximum absolute atomic E-state index is 9.99. The van der Waals surface area contributed by atoms with Crippen molar-refractivity contribution in [1.29, 1.82) is 0 Å². The predicted octanol–water partition coefficient (Wildman–Crippen LogP) is 8.09. The van der Waals surface area contributed by atoms with Crippen LogP contribution >= 0.6 is 0 Å². The molecule has 11 aromatic rings. The molecule has 0 bridgehead atoms. The molecule has 0 radical (unpaired) electrons. The van der Waals surface area contributed by atoms with Crippen LogP contribution in [0.4, 0.5) is 0 Å². The van der Waals surface area contributed by atoms with Crippen LogP contribution in [0.15, 0.2) is 213 Å². The minimum absolute atomic E-state index is 0.0807. The smallest absolute Gasteiger partial charge is 0.220 e. The van der Waals surface area contributed by atoms with Crippen LogP contribution in [0.2, 0.25) is 25.9 Å². The lowest BCUT2D eigenvalue weighted by Crippen LogP contribution is -2.78. The fraction of sp³-hybridized carbons (Fsp3) is 0.0893. The van der Waals surface area contributed by atoms with Gasteiger partial charge in [0.1, 0.15) is 27.6 Å². The molecule has 0 saturated carbocycles. The molecule has 8 nitrogen and oxygen atoms in total. The van der Waals surface area contributed by atoms with Gasteiger partial charge in [0.2, 0.25) is 5.78 Å². The third-order valence-electron chi connectivity index (χ3n) is 13.4. The Bertz CT molecular complexity index is 3960. The molecule has 0 N–H and O–H groups in total. The summed E-state index contributed by atoms with van der Waals surface area (Å²) in [7, 11) is -16.6. The van der Waals surface area contributed by atoms with Crippen molar-refractivity contribution in [1.82, 2.24) is 33.9 Å². The van der Waals surface area contributed by atoms with E-state index in [-0.39, 0.29) is 22.6 Å². The van der Waals surface area contributed by atoms with Gasteiger partial charge in [-0.2, -0.15) is 0 Å². The van der Waals surface area contributed by atoms with Gasteiger partial charge in [0.05, 0.1) is 22.1 Å². The summed E-state index contributed by atoms with van der Waals surface area (Å²) in [6.45, 7) is -14.7. The van der Waals surface area contributed by atoms with Gasteiger partial charge in [0.15, 0.2) is 8.07 Å². The summed E-state index contributed by atoms with van der Waals surface area (Å²) in [4.78, 5) is 22.9. The molecule has 5 heterocycles. The van der Waals surface area contributed by atoms with E-state index < -0.39 is 65.4 Å². The molecule has 0 atom stereocenters. The molecule has 0 spiro atoms. The molecule has 67 heavy (non-hydrogen) atoms. The quantitative estimate of drug-likeness (QED) is 0.108. The Morgan fingerprint density at radius 3 is 1.75 bits per heavy atom. The van der Waals surface area contributed by atoms with E-state index in [1.807, 2.05) is 133 Å². The third kappa shape index (κ3) is 5.78. The Kier molecular flexibility index (Phi) is 6.91. The van der Waals surface area contributed by atoms with Crippen molar-refractivity contribution in [2.45, 2.75) is 30.6 Å². The number of imidazole rings is 2. The summed E-state index contributed by atoms with van der Waals surface area (Å²) in [6, 6.07) is 54.6. The van der Waals surface area contributed by atoms with E-state index >= 15 is 0 Å². The second-order valence-corrected chi connectivity index (χ2v) is 26.6. The average Bonchev–Trinajstić information content (AvgIpc) is 4.16. The van der Waals surface area contributed by atoms with E-state index in [0.717, 1.165) is 68.1 Å². The van der Waals surface area contributed by atoms with Crippen LogP contribution in [0.25, 0.3) is 33.5 Å². The molecule has 0 saturated heterocycles. The molecule has 0 aliphatic carbocycles. The predicted molar refractivity (Wildman–Crippen MR) is 279 cm³/mol. The molecule has 1 aliphatic heterocycles. The number of aromatic nitrogens is 7. The van der Waals surface area contributed by atoms with Gasteiger partial charge in [0.25, 0.3) is 0 Å². The number of hydrogen-bond acceptors (Lipinski definition) is 6. The van der Waals surface area contributed by atoms with Crippen molar-refractivity contribution in [3.8, 4) is 17.2 Å². The van der Waals surface area contributed by atoms with Gasteiger partial charge < -0.3 is 4.74 Å². The fourth-order valence-electron chi connectivity index (χ4n) is 10.6. The van der Waals surface area contributed by atoms with Crippen molar-refractivity contribution in [2.75, 3.05) is 0 Å². The number of ether oxygens (including phenoxy) is 1. The Labute approximate surface area is 409 Å². The molecule has 0 amide bonds. The molecule has 7 aromatic carbocycles. The molecular formula is C56H47N7OSi3. The summed E-state index contributed by atoms with van der Waals surface area (Å²) >= 11 is 0. The lowest BCUT2D eigenvalue weighted by Gasteiger charge is -2.56. The van der Waals surface area contributed by atoms with E-state index in [9.17, 15) is 16.4 Å². The van der Waals surface area contributed by atoms with Crippen molar-refractivity contribution in [3.05, 3.63) is 224 Å². The van der Waals surface area contributed by atoms with Gasteiger partial charge in [-0.3, -0.25) is 28.9 Å². The summed E-state index contributed by atoms with van der Waals surface area (Å²) in [5.41, 5.74) is 3.78. The number of benzene rings is 7. The van der Waals surface area contributed by atoms with Gasteiger partial charge in [-0.25, -0.2) is 4.98 Å². The van der Waals surface area contributed by atoms with E-state index in [0.29, 0.717) is 11.0 Å². The SMILES string of the molecule is [2H]C([2H])([2H])[Si](c1cnccn1)(C([2H])([2H])[2H])C1([Si](c2cnccn2)(C([2H])([2H])[2H])C([2H])([2H])[2H])c2ccccc2Oc2c1cccc2[Si](c1ccccc1)(c1ccccc1)c1cccc(-n2c3ccccc3n3c4ccccc4nc23)c1. The Balaban J connectivity index is 1.32. The molecule has 324 valence electrons. The molecular weight excluding hydrogens is 871 g/mol. The highest BCUT2D eigenvalue weighted by atomic mass is 28.4. The van der Waals surface area contributed by atoms with Gasteiger partial charge in [-0.1, -0.05) is 159 Å². The minimum atomic E-state index is -6.27. The van der Waals surface area contributed by atoms with Gasteiger partial charge in [0, 0.05) is 85.7 Å². The Morgan fingerprint density at radius 1 is 0.522 bits per heavy atom. The maximum Gasteiger partial charge on any atom is 0.220 e. The minimum Gasteiger partial charge on any atom is -0.457 e. The molecule has 1 aliphatic rings. The van der Waals surface area contributed by atoms with Crippen molar-refractivity contribution in [3.63, 3.8) is 0 Å². The summed E-state index contributed by atoms with van der Waals surface area (Å²) in [5, 5.41) is 1.75. The van der Waals surface area contributed by atoms with E-state index in [1.165, 1.54) is 36.7 Å². The second kappa shape index (κ2) is 15.5. The summed E-state index contributed by atoms with van der Waals surface area (Å²) in [6.07, 6.45) is 6.92. The zero-order valence-electron chi connectivity index (χ0n) is 47.7. The van der Waals surface area contributed by atoms with Crippen LogP contribution in [0.1, 0.15) is 27.6 Å². The third-order valence-corrected chi connectivity index (χ3v) is 25.8. The lowest BCUT2D eigenvalue weighted by molar-refractivity contribution is 0.453. The normalized spacial score (nSPS) is 17.0. The highest BCUT2D eigenvalue weighted by Crippen LogP contribution is 2.56. The standard InChI is InChI=1S/C56H47N7OSi3/c1-65(2,52-38-57-33-35-59-52)56(66(3,4)53-39-58-34-36-60-53)44-25-11-16-31-50(44)64-54-45(56)26-18-32-51(54)67(41-20-7-5-8-21-41,42-22-9-6-10-23-42)43-24-17-19-40(37-43)62-48-29-14-15-30-49(48)63-47-28-13-12-27-46(47)61-55(62)63/h5-39H,1-4H3/i1D3,2D3,3D3,4D3. The second-order valence-electron chi connectivity index (χ2n) is 16.8. The highest BCUT2D eigenvalue weighted by molar-refractivity contribution is 7.20. The monoisotopic (exact) mass is 929 g/mol. The van der Waals surface area contributed by atoms with E-state index in [1.54, 1.807) is 12.1 Å². The van der Waals surface area contributed by atoms with E-state index in [4.69, 9.17) is 9.72 Å². The summed E-state index contributed by atoms with van der Waals surface area (Å²) in [5.74, 6) is 0.450. The molecule has 0 unspecified atom stereocenters. The topological polar surface area (TPSA) is 83.0 Å². The number of nitrogens with zero attached hydrogens (tertiary/aromatic N) is 7. The van der Waals surface area contributed by atoms with Crippen molar-refractivity contribution in [2.24, 2.45) is 0 Å². The van der Waals surface area contributed by atoms with Crippen molar-refractivity contribution < 1.29 is 21.2 Å². The molecule has 4 aromatic heterocycles. The van der Waals surface area contributed by atoms with Crippen LogP contribution in [0.3, 0.4) is 0 Å². The Hall–Kier alpha value is -7.58. The number of hydrogen-bond donors (Lipinski definition) is 0. The first kappa shape index (κ1) is 29.9. The van der Waals surface area contributed by atoms with Gasteiger partial charge in [-0.15, -0.1) is 0 Å². The van der Waals surface area contributed by atoms with Crippen LogP contribution in [0.5, 0.6) is 11.5 Å². The first-order chi connectivity index (χ1) is 37.8. The largest absolute Gasteiger partial charge is 0.457 e. The number of fused-ring (bicyclic) bond motifs is 7. The van der Waals surface area contributed by atoms with Gasteiger partial charge >= 0.3 is 0 Å². The Morgan fingerprint density at radius 2 is 1.09 bits per heavy atom. The zero-order chi connectivity index (χ0) is 55.4. The van der Waals surface area contributed by atoms with Crippen LogP contribution < -0.4 is 36.1 Å². The highest BCUT2D eigenvalue weighted by Gasteiger charge is 2.65. The van der Waals surface area contributed by atoms with Crippen molar-refractivity contribution >= 4 is 83.4 Å². The van der Waals surface area contributed by atoms with Crippen LogP contribution in [-0.4, -0.2) is 58.1 Å². The zero-order valence-corrected chi connectivity index (χ0v) is 38.7. The molecule has 0 fully saturated rings. The van der Waals surface area contributed by atoms with Crippen LogP contribution in [0, 0.1) is 0 Å². The number of rotatable bonds is 9. The maximum atomic E-state index is 9.99. The first-order valence-electron chi connectivity index (χ1n) is 27.8. The average molecular weight is 930 g/mol. The summed E-state index contributed by atoms with van der Waals surface area (Å²) < 4.78 is 128. The first-order valence-corrected chi connectivity index (χ1v) is 27.8. The van der Waals surface area contributed by atoms with Gasteiger partial charge in [-0.05, 0) is 63.2 Å². The molecule has 12 rings (SSSR count). The molecule has 11 heteroatoms. The number of para-hydroxylation sites is 6. The lowest BCUT2D eigenvalue weighted by atomic mass is 9.98. The van der Waals surface area contributed by atoms with Crippen LogP contribution in [-0.2, 0) is 4.66 Å².